The molecule has 0 saturated carbocycles. The number of nitrogens with one attached hydrogen (secondary N) is 1. The molecule has 0 spiro atoms. The maximum atomic E-state index is 13.8. The summed E-state index contributed by atoms with van der Waals surface area (Å²) in [6.45, 7) is 8.94. The first-order valence-electron chi connectivity index (χ1n) is 8.00. The molecule has 2 aromatic rings. The predicted octanol–water partition coefficient (Wildman–Crippen LogP) is 4.86. The molecule has 1 atom stereocenters. The van der Waals surface area contributed by atoms with E-state index in [1.54, 1.807) is 6.07 Å². The van der Waals surface area contributed by atoms with E-state index in [0.717, 1.165) is 24.0 Å². The molecule has 1 N–H and O–H groups in total. The van der Waals surface area contributed by atoms with Crippen molar-refractivity contribution in [2.45, 2.75) is 53.1 Å². The summed E-state index contributed by atoms with van der Waals surface area (Å²) in [6.07, 6.45) is 2.10. The van der Waals surface area contributed by atoms with Crippen molar-refractivity contribution in [1.29, 1.82) is 0 Å². The van der Waals surface area contributed by atoms with E-state index in [4.69, 9.17) is 0 Å². The van der Waals surface area contributed by atoms with E-state index >= 15 is 0 Å². The van der Waals surface area contributed by atoms with Gasteiger partial charge >= 0.3 is 0 Å². The Hall–Kier alpha value is -1.67. The van der Waals surface area contributed by atoms with Gasteiger partial charge in [-0.15, -0.1) is 0 Å². The first-order chi connectivity index (χ1) is 10.5. The van der Waals surface area contributed by atoms with E-state index in [0.29, 0.717) is 12.6 Å². The molecule has 0 heterocycles. The van der Waals surface area contributed by atoms with Crippen molar-refractivity contribution in [3.63, 3.8) is 0 Å². The summed E-state index contributed by atoms with van der Waals surface area (Å²) in [5.74, 6) is -0.117. The van der Waals surface area contributed by atoms with E-state index in [9.17, 15) is 4.39 Å². The largest absolute Gasteiger partial charge is 0.310 e. The molecule has 1 unspecified atom stereocenters. The van der Waals surface area contributed by atoms with Gasteiger partial charge in [0.15, 0.2) is 0 Å². The Morgan fingerprint density at radius 3 is 2.45 bits per heavy atom. The minimum absolute atomic E-state index is 0.117. The lowest BCUT2D eigenvalue weighted by molar-refractivity contribution is 0.501. The monoisotopic (exact) mass is 299 g/mol. The summed E-state index contributed by atoms with van der Waals surface area (Å²) in [6, 6.07) is 12.4. The van der Waals surface area contributed by atoms with Crippen LogP contribution in [0.4, 0.5) is 4.39 Å². The highest BCUT2D eigenvalue weighted by Crippen LogP contribution is 2.13. The zero-order valence-corrected chi connectivity index (χ0v) is 14.0. The average Bonchev–Trinajstić information content (AvgIpc) is 2.47. The van der Waals surface area contributed by atoms with Crippen LogP contribution in [-0.2, 0) is 13.0 Å². The predicted molar refractivity (Wildman–Crippen MR) is 91.7 cm³/mol. The zero-order valence-electron chi connectivity index (χ0n) is 14.0. The second-order valence-corrected chi connectivity index (χ2v) is 6.33. The fourth-order valence-corrected chi connectivity index (χ4v) is 2.52. The molecule has 0 radical (unpaired) electrons. The smallest absolute Gasteiger partial charge is 0.127 e. The first kappa shape index (κ1) is 16.7. The standard InChI is InChI=1S/C20H26FN/c1-14-5-10-19(20(21)11-14)13-22-17(4)7-9-18-8-6-15(2)16(3)12-18/h5-6,8,10-12,17,22H,7,9,13H2,1-4H3. The van der Waals surface area contributed by atoms with Crippen molar-refractivity contribution in [3.8, 4) is 0 Å². The van der Waals surface area contributed by atoms with Crippen LogP contribution in [0, 0.1) is 26.6 Å². The molecule has 0 amide bonds. The lowest BCUT2D eigenvalue weighted by atomic mass is 10.0. The van der Waals surface area contributed by atoms with Gasteiger partial charge in [0.25, 0.3) is 0 Å². The van der Waals surface area contributed by atoms with Crippen LogP contribution in [0.2, 0.25) is 0 Å². The topological polar surface area (TPSA) is 12.0 Å². The molecule has 22 heavy (non-hydrogen) atoms. The van der Waals surface area contributed by atoms with E-state index in [-0.39, 0.29) is 5.82 Å². The van der Waals surface area contributed by atoms with Crippen molar-refractivity contribution in [2.24, 2.45) is 0 Å². The molecular formula is C20H26FN. The highest BCUT2D eigenvalue weighted by molar-refractivity contribution is 5.30. The second kappa shape index (κ2) is 7.55. The maximum absolute atomic E-state index is 13.8. The quantitative estimate of drug-likeness (QED) is 0.803. The summed E-state index contributed by atoms with van der Waals surface area (Å²) < 4.78 is 13.8. The molecular weight excluding hydrogens is 273 g/mol. The summed E-state index contributed by atoms with van der Waals surface area (Å²) in [4.78, 5) is 0. The Morgan fingerprint density at radius 2 is 1.77 bits per heavy atom. The lowest BCUT2D eigenvalue weighted by Gasteiger charge is -2.15. The Morgan fingerprint density at radius 1 is 1.00 bits per heavy atom. The Bertz CT molecular complexity index is 634. The number of rotatable bonds is 6. The van der Waals surface area contributed by atoms with Gasteiger partial charge in [0.2, 0.25) is 0 Å². The second-order valence-electron chi connectivity index (χ2n) is 6.33. The Balaban J connectivity index is 1.82. The van der Waals surface area contributed by atoms with Gasteiger partial charge in [-0.1, -0.05) is 30.3 Å². The Labute approximate surface area is 133 Å². The molecule has 2 rings (SSSR count). The van der Waals surface area contributed by atoms with Gasteiger partial charge in [-0.2, -0.15) is 0 Å². The molecule has 0 aromatic heterocycles. The summed E-state index contributed by atoms with van der Waals surface area (Å²) in [5.41, 5.74) is 5.76. The van der Waals surface area contributed by atoms with Crippen LogP contribution in [0.3, 0.4) is 0 Å². The van der Waals surface area contributed by atoms with Crippen molar-refractivity contribution in [2.75, 3.05) is 0 Å². The van der Waals surface area contributed by atoms with E-state index < -0.39 is 0 Å². The van der Waals surface area contributed by atoms with Gasteiger partial charge < -0.3 is 5.32 Å². The van der Waals surface area contributed by atoms with Crippen molar-refractivity contribution in [1.82, 2.24) is 5.32 Å². The van der Waals surface area contributed by atoms with E-state index in [1.165, 1.54) is 16.7 Å². The number of hydrogen-bond acceptors (Lipinski definition) is 1. The third-order valence-corrected chi connectivity index (χ3v) is 4.29. The maximum Gasteiger partial charge on any atom is 0.127 e. The van der Waals surface area contributed by atoms with Crippen molar-refractivity contribution >= 4 is 0 Å². The van der Waals surface area contributed by atoms with Crippen LogP contribution in [-0.4, -0.2) is 6.04 Å². The fraction of sp³-hybridized carbons (Fsp3) is 0.400. The molecule has 2 heteroatoms. The summed E-state index contributed by atoms with van der Waals surface area (Å²) in [5, 5.41) is 3.42. The summed E-state index contributed by atoms with van der Waals surface area (Å²) >= 11 is 0. The van der Waals surface area contributed by atoms with Crippen LogP contribution in [0.5, 0.6) is 0 Å². The lowest BCUT2D eigenvalue weighted by Crippen LogP contribution is -2.26. The van der Waals surface area contributed by atoms with Crippen LogP contribution in [0.1, 0.15) is 41.2 Å². The highest BCUT2D eigenvalue weighted by Gasteiger charge is 2.06. The van der Waals surface area contributed by atoms with Crippen LogP contribution >= 0.6 is 0 Å². The van der Waals surface area contributed by atoms with E-state index in [1.807, 2.05) is 19.1 Å². The fourth-order valence-electron chi connectivity index (χ4n) is 2.52. The van der Waals surface area contributed by atoms with Crippen LogP contribution in [0.15, 0.2) is 36.4 Å². The number of hydrogen-bond donors (Lipinski definition) is 1. The molecule has 118 valence electrons. The van der Waals surface area contributed by atoms with Gasteiger partial charge in [-0.25, -0.2) is 4.39 Å². The molecule has 0 bridgehead atoms. The SMILES string of the molecule is Cc1ccc(CNC(C)CCc2ccc(C)c(C)c2)c(F)c1. The van der Waals surface area contributed by atoms with Gasteiger partial charge in [-0.05, 0) is 68.9 Å². The van der Waals surface area contributed by atoms with Crippen LogP contribution < -0.4 is 5.32 Å². The number of halogens is 1. The zero-order chi connectivity index (χ0) is 16.1. The highest BCUT2D eigenvalue weighted by atomic mass is 19.1. The normalized spacial score (nSPS) is 12.4. The van der Waals surface area contributed by atoms with Gasteiger partial charge in [0.05, 0.1) is 0 Å². The van der Waals surface area contributed by atoms with Gasteiger partial charge in [0.1, 0.15) is 5.82 Å². The van der Waals surface area contributed by atoms with Crippen LogP contribution in [0.25, 0.3) is 0 Å². The van der Waals surface area contributed by atoms with Gasteiger partial charge in [-0.3, -0.25) is 0 Å². The molecule has 0 aliphatic carbocycles. The average molecular weight is 299 g/mol. The summed E-state index contributed by atoms with van der Waals surface area (Å²) in [7, 11) is 0. The minimum Gasteiger partial charge on any atom is -0.310 e. The molecule has 1 nitrogen and oxygen atoms in total. The Kier molecular flexibility index (Phi) is 5.73. The first-order valence-corrected chi connectivity index (χ1v) is 8.00. The van der Waals surface area contributed by atoms with Crippen molar-refractivity contribution < 1.29 is 4.39 Å². The molecule has 0 aliphatic rings. The minimum atomic E-state index is -0.117. The number of benzene rings is 2. The van der Waals surface area contributed by atoms with E-state index in [2.05, 4.69) is 44.3 Å². The third kappa shape index (κ3) is 4.67. The molecule has 0 saturated heterocycles. The van der Waals surface area contributed by atoms with Crippen molar-refractivity contribution in [3.05, 3.63) is 70.0 Å². The third-order valence-electron chi connectivity index (χ3n) is 4.29. The number of aryl methyl sites for hydroxylation is 4. The molecule has 0 aliphatic heterocycles. The molecule has 0 fully saturated rings. The van der Waals surface area contributed by atoms with Gasteiger partial charge in [0, 0.05) is 18.2 Å². The molecule has 2 aromatic carbocycles.